The Morgan fingerprint density at radius 2 is 2.24 bits per heavy atom. The summed E-state index contributed by atoms with van der Waals surface area (Å²) in [6, 6.07) is 4.30. The van der Waals surface area contributed by atoms with Gasteiger partial charge in [0.15, 0.2) is 0 Å². The molecule has 0 aliphatic heterocycles. The zero-order valence-electron chi connectivity index (χ0n) is 9.83. The maximum absolute atomic E-state index is 13.1. The highest BCUT2D eigenvalue weighted by atomic mass is 19.1. The third kappa shape index (κ3) is 4.82. The van der Waals surface area contributed by atoms with Crippen LogP contribution in [0.4, 0.5) is 4.39 Å². The van der Waals surface area contributed by atoms with E-state index in [1.165, 1.54) is 12.1 Å². The summed E-state index contributed by atoms with van der Waals surface area (Å²) in [5.74, 6) is -0.0707. The molecule has 1 aromatic carbocycles. The van der Waals surface area contributed by atoms with Gasteiger partial charge in [-0.2, -0.15) is 0 Å². The summed E-state index contributed by atoms with van der Waals surface area (Å²) in [4.78, 5) is 11.1. The molecule has 0 atom stereocenters. The van der Waals surface area contributed by atoms with Gasteiger partial charge in [0.2, 0.25) is 5.91 Å². The third-order valence-corrected chi connectivity index (χ3v) is 2.14. The summed E-state index contributed by atoms with van der Waals surface area (Å²) >= 11 is 0. The highest BCUT2D eigenvalue weighted by Crippen LogP contribution is 2.16. The number of halogens is 1. The van der Waals surface area contributed by atoms with Crippen molar-refractivity contribution in [1.82, 2.24) is 5.32 Å². The van der Waals surface area contributed by atoms with Crippen molar-refractivity contribution in [3.63, 3.8) is 0 Å². The van der Waals surface area contributed by atoms with Crippen LogP contribution < -0.4 is 15.8 Å². The molecule has 1 amide bonds. The second-order valence-electron chi connectivity index (χ2n) is 3.55. The molecule has 0 fully saturated rings. The quantitative estimate of drug-likeness (QED) is 0.785. The molecule has 0 aliphatic rings. The SMILES string of the molecule is CCNC(=O)CCOc1cc(F)cc(CN)c1. The molecule has 5 heteroatoms. The molecule has 1 aromatic rings. The fraction of sp³-hybridized carbons (Fsp3) is 0.417. The van der Waals surface area contributed by atoms with E-state index in [2.05, 4.69) is 5.32 Å². The van der Waals surface area contributed by atoms with Gasteiger partial charge in [0.1, 0.15) is 11.6 Å². The molecule has 17 heavy (non-hydrogen) atoms. The van der Waals surface area contributed by atoms with Crippen molar-refractivity contribution in [3.05, 3.63) is 29.6 Å². The van der Waals surface area contributed by atoms with E-state index < -0.39 is 0 Å². The van der Waals surface area contributed by atoms with Crippen LogP contribution >= 0.6 is 0 Å². The standard InChI is InChI=1S/C12H17FN2O2/c1-2-15-12(16)3-4-17-11-6-9(8-14)5-10(13)7-11/h5-7H,2-4,8,14H2,1H3,(H,15,16). The van der Waals surface area contributed by atoms with Gasteiger partial charge in [-0.05, 0) is 24.6 Å². The molecule has 0 radical (unpaired) electrons. The van der Waals surface area contributed by atoms with Crippen molar-refractivity contribution in [3.8, 4) is 5.75 Å². The molecule has 0 unspecified atom stereocenters. The molecule has 0 saturated carbocycles. The van der Waals surface area contributed by atoms with Gasteiger partial charge in [-0.25, -0.2) is 4.39 Å². The van der Waals surface area contributed by atoms with Gasteiger partial charge in [-0.3, -0.25) is 4.79 Å². The molecular weight excluding hydrogens is 223 g/mol. The van der Waals surface area contributed by atoms with Crippen LogP contribution in [0.3, 0.4) is 0 Å². The predicted molar refractivity (Wildman–Crippen MR) is 63.1 cm³/mol. The summed E-state index contributed by atoms with van der Waals surface area (Å²) in [6.45, 7) is 2.92. The second-order valence-corrected chi connectivity index (χ2v) is 3.55. The van der Waals surface area contributed by atoms with Crippen molar-refractivity contribution in [2.24, 2.45) is 5.73 Å². The van der Waals surface area contributed by atoms with Crippen molar-refractivity contribution < 1.29 is 13.9 Å². The predicted octanol–water partition coefficient (Wildman–Crippen LogP) is 1.19. The Kier molecular flexibility index (Phi) is 5.42. The second kappa shape index (κ2) is 6.85. The zero-order chi connectivity index (χ0) is 12.7. The van der Waals surface area contributed by atoms with E-state index in [1.54, 1.807) is 6.07 Å². The van der Waals surface area contributed by atoms with Crippen LogP contribution in [0, 0.1) is 5.82 Å². The highest BCUT2D eigenvalue weighted by molar-refractivity contribution is 5.75. The average Bonchev–Trinajstić information content (AvgIpc) is 2.28. The van der Waals surface area contributed by atoms with E-state index in [4.69, 9.17) is 10.5 Å². The fourth-order valence-corrected chi connectivity index (χ4v) is 1.37. The number of amides is 1. The molecule has 0 bridgehead atoms. The monoisotopic (exact) mass is 240 g/mol. The summed E-state index contributed by atoms with van der Waals surface area (Å²) in [5, 5.41) is 2.65. The van der Waals surface area contributed by atoms with E-state index in [0.29, 0.717) is 17.9 Å². The molecule has 0 heterocycles. The molecular formula is C12H17FN2O2. The Morgan fingerprint density at radius 3 is 2.88 bits per heavy atom. The van der Waals surface area contributed by atoms with Gasteiger partial charge in [-0.15, -0.1) is 0 Å². The Balaban J connectivity index is 2.46. The lowest BCUT2D eigenvalue weighted by molar-refractivity contribution is -0.121. The number of carbonyl (C=O) groups is 1. The first kappa shape index (κ1) is 13.4. The van der Waals surface area contributed by atoms with Crippen LogP contribution in [0.2, 0.25) is 0 Å². The van der Waals surface area contributed by atoms with Crippen LogP contribution in [0.1, 0.15) is 18.9 Å². The maximum atomic E-state index is 13.1. The molecule has 0 spiro atoms. The van der Waals surface area contributed by atoms with Crippen molar-refractivity contribution in [2.75, 3.05) is 13.2 Å². The van der Waals surface area contributed by atoms with Crippen LogP contribution in [-0.4, -0.2) is 19.1 Å². The normalized spacial score (nSPS) is 10.1. The lowest BCUT2D eigenvalue weighted by atomic mass is 10.2. The first-order valence-electron chi connectivity index (χ1n) is 5.54. The van der Waals surface area contributed by atoms with Crippen LogP contribution in [-0.2, 0) is 11.3 Å². The molecule has 0 aliphatic carbocycles. The summed E-state index contributed by atoms with van der Waals surface area (Å²) in [5.41, 5.74) is 6.08. The molecule has 1 rings (SSSR count). The number of nitrogens with two attached hydrogens (primary N) is 1. The highest BCUT2D eigenvalue weighted by Gasteiger charge is 2.03. The van der Waals surface area contributed by atoms with Gasteiger partial charge < -0.3 is 15.8 Å². The van der Waals surface area contributed by atoms with E-state index in [9.17, 15) is 9.18 Å². The number of benzene rings is 1. The van der Waals surface area contributed by atoms with Crippen molar-refractivity contribution >= 4 is 5.91 Å². The number of carbonyl (C=O) groups excluding carboxylic acids is 1. The Labute approximate surface area is 100.0 Å². The van der Waals surface area contributed by atoms with Gasteiger partial charge in [0.05, 0.1) is 13.0 Å². The Bertz CT molecular complexity index is 383. The van der Waals surface area contributed by atoms with Crippen molar-refractivity contribution in [2.45, 2.75) is 19.9 Å². The summed E-state index contributed by atoms with van der Waals surface area (Å²) < 4.78 is 18.4. The maximum Gasteiger partial charge on any atom is 0.223 e. The number of hydrogen-bond donors (Lipinski definition) is 2. The average molecular weight is 240 g/mol. The number of ether oxygens (including phenoxy) is 1. The Hall–Kier alpha value is -1.62. The lowest BCUT2D eigenvalue weighted by Gasteiger charge is -2.08. The van der Waals surface area contributed by atoms with Gasteiger partial charge in [0.25, 0.3) is 0 Å². The molecule has 3 N–H and O–H groups in total. The lowest BCUT2D eigenvalue weighted by Crippen LogP contribution is -2.24. The van der Waals surface area contributed by atoms with Crippen LogP contribution in [0.15, 0.2) is 18.2 Å². The minimum absolute atomic E-state index is 0.0806. The molecule has 0 saturated heterocycles. The van der Waals surface area contributed by atoms with Crippen LogP contribution in [0.25, 0.3) is 0 Å². The Morgan fingerprint density at radius 1 is 1.47 bits per heavy atom. The van der Waals surface area contributed by atoms with E-state index in [0.717, 1.165) is 0 Å². The number of hydrogen-bond acceptors (Lipinski definition) is 3. The molecule has 4 nitrogen and oxygen atoms in total. The smallest absolute Gasteiger partial charge is 0.223 e. The van der Waals surface area contributed by atoms with E-state index in [-0.39, 0.29) is 31.3 Å². The van der Waals surface area contributed by atoms with E-state index >= 15 is 0 Å². The van der Waals surface area contributed by atoms with Gasteiger partial charge in [0, 0.05) is 19.2 Å². The summed E-state index contributed by atoms with van der Waals surface area (Å²) in [6.07, 6.45) is 0.252. The third-order valence-electron chi connectivity index (χ3n) is 2.14. The van der Waals surface area contributed by atoms with Gasteiger partial charge >= 0.3 is 0 Å². The number of nitrogens with one attached hydrogen (secondary N) is 1. The van der Waals surface area contributed by atoms with Gasteiger partial charge in [-0.1, -0.05) is 0 Å². The minimum Gasteiger partial charge on any atom is -0.493 e. The largest absolute Gasteiger partial charge is 0.493 e. The zero-order valence-corrected chi connectivity index (χ0v) is 9.83. The molecule has 94 valence electrons. The van der Waals surface area contributed by atoms with Crippen molar-refractivity contribution in [1.29, 1.82) is 0 Å². The van der Waals surface area contributed by atoms with E-state index in [1.807, 2.05) is 6.92 Å². The fourth-order valence-electron chi connectivity index (χ4n) is 1.37. The minimum atomic E-state index is -0.388. The van der Waals surface area contributed by atoms with Crippen LogP contribution in [0.5, 0.6) is 5.75 Å². The number of rotatable bonds is 6. The first-order valence-corrected chi connectivity index (χ1v) is 5.54. The molecule has 0 aromatic heterocycles. The first-order chi connectivity index (χ1) is 8.15. The summed E-state index contributed by atoms with van der Waals surface area (Å²) in [7, 11) is 0. The topological polar surface area (TPSA) is 64.3 Å².